The quantitative estimate of drug-likeness (QED) is 0.642. The molecule has 2 aromatic carbocycles. The van der Waals surface area contributed by atoms with Crippen molar-refractivity contribution in [1.29, 1.82) is 0 Å². The number of halogens is 1. The number of nitrogens with zero attached hydrogens (tertiary/aromatic N) is 2. The van der Waals surface area contributed by atoms with Gasteiger partial charge in [0, 0.05) is 34.9 Å². The molecule has 0 saturated carbocycles. The highest BCUT2D eigenvalue weighted by Gasteiger charge is 2.32. The van der Waals surface area contributed by atoms with Gasteiger partial charge in [0.15, 0.2) is 0 Å². The molecule has 1 aliphatic rings. The fraction of sp³-hybridized carbons (Fsp3) is 0.333. The van der Waals surface area contributed by atoms with Crippen molar-refractivity contribution < 1.29 is 13.2 Å². The summed E-state index contributed by atoms with van der Waals surface area (Å²) in [6.07, 6.45) is 0. The average molecular weight is 472 g/mol. The number of hydrogen-bond acceptors (Lipinski definition) is 4. The Morgan fingerprint density at radius 2 is 1.68 bits per heavy atom. The predicted octanol–water partition coefficient (Wildman–Crippen LogP) is 3.20. The number of piperazine rings is 1. The van der Waals surface area contributed by atoms with Gasteiger partial charge in [0.05, 0.1) is 12.0 Å². The number of anilines is 1. The Kier molecular flexibility index (Phi) is 5.55. The Balaban J connectivity index is 1.75. The first-order chi connectivity index (χ1) is 11.9. The Morgan fingerprint density at radius 1 is 1.04 bits per heavy atom. The topological polar surface area (TPSA) is 49.9 Å². The van der Waals surface area contributed by atoms with Crippen LogP contribution in [0.4, 0.5) is 5.69 Å². The van der Waals surface area contributed by atoms with E-state index in [2.05, 4.69) is 34.4 Å². The highest BCUT2D eigenvalue weighted by molar-refractivity contribution is 14.1. The number of benzene rings is 2. The number of ether oxygens (including phenoxy) is 1. The standard InChI is InChI=1S/C18H21IN2O3S/c1-14-13-20(25(22,23)18-9-3-15(19)4-10-18)11-12-21(14)16-5-7-17(24-2)8-6-16/h3-10,14H,11-13H2,1-2H3. The highest BCUT2D eigenvalue weighted by Crippen LogP contribution is 2.26. The van der Waals surface area contributed by atoms with Crippen molar-refractivity contribution in [3.8, 4) is 5.75 Å². The van der Waals surface area contributed by atoms with Crippen molar-refractivity contribution in [3.05, 3.63) is 52.1 Å². The molecule has 3 rings (SSSR count). The molecule has 1 heterocycles. The second-order valence-corrected chi connectivity index (χ2v) is 9.24. The maximum atomic E-state index is 12.9. The van der Waals surface area contributed by atoms with Gasteiger partial charge >= 0.3 is 0 Å². The zero-order valence-electron chi connectivity index (χ0n) is 14.2. The first-order valence-electron chi connectivity index (χ1n) is 8.08. The lowest BCUT2D eigenvalue weighted by Crippen LogP contribution is -2.53. The van der Waals surface area contributed by atoms with Crippen LogP contribution in [0.1, 0.15) is 6.92 Å². The minimum absolute atomic E-state index is 0.0979. The van der Waals surface area contributed by atoms with Gasteiger partial charge in [-0.3, -0.25) is 0 Å². The van der Waals surface area contributed by atoms with Crippen LogP contribution < -0.4 is 9.64 Å². The molecule has 1 aliphatic heterocycles. The molecular formula is C18H21IN2O3S. The summed E-state index contributed by atoms with van der Waals surface area (Å²) in [6.45, 7) is 3.67. The lowest BCUT2D eigenvalue weighted by Gasteiger charge is -2.40. The fourth-order valence-corrected chi connectivity index (χ4v) is 4.93. The van der Waals surface area contributed by atoms with E-state index in [1.54, 1.807) is 23.5 Å². The molecule has 1 unspecified atom stereocenters. The largest absolute Gasteiger partial charge is 0.497 e. The van der Waals surface area contributed by atoms with E-state index in [0.29, 0.717) is 24.5 Å². The van der Waals surface area contributed by atoms with Crippen LogP contribution in [0.5, 0.6) is 5.75 Å². The number of hydrogen-bond donors (Lipinski definition) is 0. The first kappa shape index (κ1) is 18.5. The predicted molar refractivity (Wildman–Crippen MR) is 108 cm³/mol. The summed E-state index contributed by atoms with van der Waals surface area (Å²) >= 11 is 2.17. The van der Waals surface area contributed by atoms with Gasteiger partial charge in [-0.2, -0.15) is 4.31 Å². The zero-order chi connectivity index (χ0) is 18.0. The molecule has 0 aliphatic carbocycles. The Morgan fingerprint density at radius 3 is 2.24 bits per heavy atom. The van der Waals surface area contributed by atoms with E-state index in [0.717, 1.165) is 15.0 Å². The maximum Gasteiger partial charge on any atom is 0.243 e. The van der Waals surface area contributed by atoms with E-state index >= 15 is 0 Å². The second-order valence-electron chi connectivity index (χ2n) is 6.06. The Bertz CT molecular complexity index is 822. The fourth-order valence-electron chi connectivity index (χ4n) is 3.06. The number of methoxy groups -OCH3 is 1. The average Bonchev–Trinajstić information content (AvgIpc) is 2.62. The van der Waals surface area contributed by atoms with Crippen LogP contribution in [-0.4, -0.2) is 45.5 Å². The lowest BCUT2D eigenvalue weighted by molar-refractivity contribution is 0.342. The van der Waals surface area contributed by atoms with Gasteiger partial charge in [0.2, 0.25) is 10.0 Å². The molecule has 5 nitrogen and oxygen atoms in total. The molecule has 0 aromatic heterocycles. The summed E-state index contributed by atoms with van der Waals surface area (Å²) in [6, 6.07) is 15.0. The van der Waals surface area contributed by atoms with Crippen molar-refractivity contribution in [2.45, 2.75) is 17.9 Å². The van der Waals surface area contributed by atoms with Gasteiger partial charge in [0.1, 0.15) is 5.75 Å². The van der Waals surface area contributed by atoms with E-state index in [1.807, 2.05) is 36.4 Å². The SMILES string of the molecule is COc1ccc(N2CCN(S(=O)(=O)c3ccc(I)cc3)CC2C)cc1. The first-order valence-corrected chi connectivity index (χ1v) is 10.6. The van der Waals surface area contributed by atoms with Crippen LogP contribution >= 0.6 is 22.6 Å². The van der Waals surface area contributed by atoms with Crippen molar-refractivity contribution in [2.24, 2.45) is 0 Å². The van der Waals surface area contributed by atoms with Gasteiger partial charge in [-0.1, -0.05) is 0 Å². The van der Waals surface area contributed by atoms with Gasteiger partial charge in [0.25, 0.3) is 0 Å². The van der Waals surface area contributed by atoms with Crippen LogP contribution in [-0.2, 0) is 10.0 Å². The van der Waals surface area contributed by atoms with Crippen LogP contribution in [0.2, 0.25) is 0 Å². The van der Waals surface area contributed by atoms with Gasteiger partial charge < -0.3 is 9.64 Å². The van der Waals surface area contributed by atoms with Crippen LogP contribution in [0.3, 0.4) is 0 Å². The number of sulfonamides is 1. The monoisotopic (exact) mass is 472 g/mol. The van der Waals surface area contributed by atoms with E-state index < -0.39 is 10.0 Å². The molecule has 1 saturated heterocycles. The molecule has 0 N–H and O–H groups in total. The van der Waals surface area contributed by atoms with Crippen LogP contribution in [0, 0.1) is 3.57 Å². The van der Waals surface area contributed by atoms with Gasteiger partial charge in [-0.25, -0.2) is 8.42 Å². The van der Waals surface area contributed by atoms with E-state index in [-0.39, 0.29) is 6.04 Å². The van der Waals surface area contributed by atoms with Crippen molar-refractivity contribution in [2.75, 3.05) is 31.6 Å². The van der Waals surface area contributed by atoms with Crippen LogP contribution in [0.15, 0.2) is 53.4 Å². The van der Waals surface area contributed by atoms with E-state index in [1.165, 1.54) is 0 Å². The molecule has 134 valence electrons. The summed E-state index contributed by atoms with van der Waals surface area (Å²) < 4.78 is 33.5. The third kappa shape index (κ3) is 3.93. The smallest absolute Gasteiger partial charge is 0.243 e. The molecule has 1 fully saturated rings. The van der Waals surface area contributed by atoms with Crippen molar-refractivity contribution in [1.82, 2.24) is 4.31 Å². The Hall–Kier alpha value is -1.32. The third-order valence-corrected chi connectivity index (χ3v) is 7.04. The van der Waals surface area contributed by atoms with Crippen molar-refractivity contribution in [3.63, 3.8) is 0 Å². The van der Waals surface area contributed by atoms with E-state index in [9.17, 15) is 8.42 Å². The molecule has 7 heteroatoms. The van der Waals surface area contributed by atoms with Crippen LogP contribution in [0.25, 0.3) is 0 Å². The molecule has 0 bridgehead atoms. The molecule has 0 spiro atoms. The second kappa shape index (κ2) is 7.51. The normalized spacial score (nSPS) is 19.0. The minimum Gasteiger partial charge on any atom is -0.497 e. The van der Waals surface area contributed by atoms with Crippen molar-refractivity contribution >= 4 is 38.3 Å². The summed E-state index contributed by atoms with van der Waals surface area (Å²) in [4.78, 5) is 2.59. The van der Waals surface area contributed by atoms with Gasteiger partial charge in [-0.15, -0.1) is 0 Å². The summed E-state index contributed by atoms with van der Waals surface area (Å²) in [5, 5.41) is 0. The minimum atomic E-state index is -3.44. The molecule has 1 atom stereocenters. The molecular weight excluding hydrogens is 451 g/mol. The molecule has 2 aromatic rings. The molecule has 25 heavy (non-hydrogen) atoms. The maximum absolute atomic E-state index is 12.9. The highest BCUT2D eigenvalue weighted by atomic mass is 127. The molecule has 0 amide bonds. The Labute approximate surface area is 162 Å². The number of rotatable bonds is 4. The summed E-state index contributed by atoms with van der Waals surface area (Å²) in [5.41, 5.74) is 1.08. The zero-order valence-corrected chi connectivity index (χ0v) is 17.2. The summed E-state index contributed by atoms with van der Waals surface area (Å²) in [5.74, 6) is 0.816. The van der Waals surface area contributed by atoms with E-state index in [4.69, 9.17) is 4.74 Å². The van der Waals surface area contributed by atoms with Gasteiger partial charge in [-0.05, 0) is 78.0 Å². The lowest BCUT2D eigenvalue weighted by atomic mass is 10.2. The molecule has 0 radical (unpaired) electrons. The summed E-state index contributed by atoms with van der Waals surface area (Å²) in [7, 11) is -1.80. The third-order valence-electron chi connectivity index (χ3n) is 4.45.